The molecule has 1 aliphatic carbocycles. The first-order valence-corrected chi connectivity index (χ1v) is 5.46. The van der Waals surface area contributed by atoms with Crippen molar-refractivity contribution in [3.8, 4) is 0 Å². The van der Waals surface area contributed by atoms with Crippen LogP contribution >= 0.6 is 0 Å². The predicted octanol–water partition coefficient (Wildman–Crippen LogP) is 1.46. The van der Waals surface area contributed by atoms with Gasteiger partial charge >= 0.3 is 12.1 Å². The van der Waals surface area contributed by atoms with Crippen molar-refractivity contribution in [1.29, 1.82) is 0 Å². The van der Waals surface area contributed by atoms with Gasteiger partial charge in [0.1, 0.15) is 5.54 Å². The summed E-state index contributed by atoms with van der Waals surface area (Å²) in [6, 6.07) is 0. The van der Waals surface area contributed by atoms with Crippen molar-refractivity contribution < 1.29 is 19.1 Å². The number of carbonyl (C=O) groups excluding carboxylic acids is 2. The maximum Gasteiger partial charge on any atom is 0.407 e. The Morgan fingerprint density at radius 2 is 1.75 bits per heavy atom. The van der Waals surface area contributed by atoms with Gasteiger partial charge in [-0.1, -0.05) is 13.8 Å². The second kappa shape index (κ2) is 4.31. The first kappa shape index (κ1) is 12.8. The normalized spacial score (nSPS) is 25.8. The van der Waals surface area contributed by atoms with Crippen LogP contribution in [0.15, 0.2) is 0 Å². The highest BCUT2D eigenvalue weighted by molar-refractivity contribution is 5.90. The second-order valence-electron chi connectivity index (χ2n) is 4.18. The largest absolute Gasteiger partial charge is 0.467 e. The SMILES string of the molecule is CCC1(CC)CC1(NC(=O)OC)C(=O)OC. The molecule has 5 nitrogen and oxygen atoms in total. The first-order valence-electron chi connectivity index (χ1n) is 5.46. The summed E-state index contributed by atoms with van der Waals surface area (Å²) in [6.45, 7) is 4.01. The standard InChI is InChI=1S/C11H19NO4/c1-5-10(6-2)7-11(10,8(13)15-3)12-9(14)16-4/h5-7H2,1-4H3,(H,12,14). The van der Waals surface area contributed by atoms with Gasteiger partial charge in [-0.25, -0.2) is 9.59 Å². The van der Waals surface area contributed by atoms with E-state index in [0.29, 0.717) is 6.42 Å². The van der Waals surface area contributed by atoms with Gasteiger partial charge in [-0.05, 0) is 19.3 Å². The lowest BCUT2D eigenvalue weighted by Gasteiger charge is -2.22. The van der Waals surface area contributed by atoms with Crippen LogP contribution in [0.5, 0.6) is 0 Å². The number of ether oxygens (including phenoxy) is 2. The predicted molar refractivity (Wildman–Crippen MR) is 57.9 cm³/mol. The summed E-state index contributed by atoms with van der Waals surface area (Å²) < 4.78 is 9.32. The van der Waals surface area contributed by atoms with Gasteiger partial charge in [0.15, 0.2) is 0 Å². The molecule has 1 amide bonds. The Hall–Kier alpha value is -1.26. The maximum absolute atomic E-state index is 11.8. The summed E-state index contributed by atoms with van der Waals surface area (Å²) in [5.74, 6) is -0.387. The fraction of sp³-hybridized carbons (Fsp3) is 0.818. The van der Waals surface area contributed by atoms with Crippen molar-refractivity contribution in [2.45, 2.75) is 38.6 Å². The zero-order valence-corrected chi connectivity index (χ0v) is 10.3. The van der Waals surface area contributed by atoms with Gasteiger partial charge in [0, 0.05) is 5.41 Å². The van der Waals surface area contributed by atoms with Crippen molar-refractivity contribution in [2.75, 3.05) is 14.2 Å². The van der Waals surface area contributed by atoms with Crippen molar-refractivity contribution in [3.05, 3.63) is 0 Å². The highest BCUT2D eigenvalue weighted by Gasteiger charge is 2.71. The molecule has 1 rings (SSSR count). The average molecular weight is 229 g/mol. The number of alkyl carbamates (subject to hydrolysis) is 1. The molecular formula is C11H19NO4. The summed E-state index contributed by atoms with van der Waals surface area (Å²) in [7, 11) is 2.61. The van der Waals surface area contributed by atoms with E-state index in [1.807, 2.05) is 13.8 Å². The Balaban J connectivity index is 2.90. The van der Waals surface area contributed by atoms with Crippen LogP contribution in [-0.2, 0) is 14.3 Å². The molecule has 1 saturated carbocycles. The molecule has 0 heterocycles. The van der Waals surface area contributed by atoms with E-state index in [-0.39, 0.29) is 11.4 Å². The number of amides is 1. The van der Waals surface area contributed by atoms with Crippen LogP contribution < -0.4 is 5.32 Å². The van der Waals surface area contributed by atoms with E-state index in [4.69, 9.17) is 4.74 Å². The molecule has 1 unspecified atom stereocenters. The number of esters is 1. The summed E-state index contributed by atoms with van der Waals surface area (Å²) >= 11 is 0. The van der Waals surface area contributed by atoms with E-state index < -0.39 is 11.6 Å². The molecule has 5 heteroatoms. The number of nitrogens with one attached hydrogen (secondary N) is 1. The lowest BCUT2D eigenvalue weighted by Crippen LogP contribution is -2.48. The van der Waals surface area contributed by atoms with E-state index in [2.05, 4.69) is 10.1 Å². The highest BCUT2D eigenvalue weighted by atomic mass is 16.5. The molecule has 0 aliphatic heterocycles. The molecule has 0 radical (unpaired) electrons. The number of methoxy groups -OCH3 is 2. The molecule has 92 valence electrons. The third-order valence-electron chi connectivity index (χ3n) is 3.77. The molecule has 16 heavy (non-hydrogen) atoms. The zero-order chi connectivity index (χ0) is 12.4. The molecule has 0 aromatic rings. The molecule has 0 aromatic carbocycles. The fourth-order valence-corrected chi connectivity index (χ4v) is 2.48. The molecule has 1 fully saturated rings. The number of hydrogen-bond donors (Lipinski definition) is 1. The number of rotatable bonds is 4. The molecule has 0 spiro atoms. The molecule has 1 aliphatic rings. The van der Waals surface area contributed by atoms with Crippen LogP contribution in [0.25, 0.3) is 0 Å². The maximum atomic E-state index is 11.8. The Kier molecular flexibility index (Phi) is 3.45. The second-order valence-corrected chi connectivity index (χ2v) is 4.18. The van der Waals surface area contributed by atoms with E-state index in [9.17, 15) is 9.59 Å². The van der Waals surface area contributed by atoms with E-state index in [1.165, 1.54) is 14.2 Å². The van der Waals surface area contributed by atoms with E-state index in [0.717, 1.165) is 12.8 Å². The topological polar surface area (TPSA) is 64.6 Å². The summed E-state index contributed by atoms with van der Waals surface area (Å²) in [5, 5.41) is 2.62. The van der Waals surface area contributed by atoms with Crippen molar-refractivity contribution >= 4 is 12.1 Å². The minimum absolute atomic E-state index is 0.186. The van der Waals surface area contributed by atoms with Crippen molar-refractivity contribution in [2.24, 2.45) is 5.41 Å². The minimum atomic E-state index is -0.891. The third kappa shape index (κ3) is 1.64. The smallest absolute Gasteiger partial charge is 0.407 e. The van der Waals surface area contributed by atoms with Gasteiger partial charge in [-0.2, -0.15) is 0 Å². The van der Waals surface area contributed by atoms with Gasteiger partial charge in [0.2, 0.25) is 0 Å². The number of carbonyl (C=O) groups is 2. The fourth-order valence-electron chi connectivity index (χ4n) is 2.48. The quantitative estimate of drug-likeness (QED) is 0.741. The summed E-state index contributed by atoms with van der Waals surface area (Å²) in [4.78, 5) is 23.1. The zero-order valence-electron chi connectivity index (χ0n) is 10.3. The molecule has 0 bridgehead atoms. The lowest BCUT2D eigenvalue weighted by atomic mass is 9.93. The Labute approximate surface area is 95.5 Å². The monoisotopic (exact) mass is 229 g/mol. The van der Waals surface area contributed by atoms with E-state index in [1.54, 1.807) is 0 Å². The average Bonchev–Trinajstić information content (AvgIpc) is 2.97. The van der Waals surface area contributed by atoms with Gasteiger partial charge in [0.05, 0.1) is 14.2 Å². The van der Waals surface area contributed by atoms with Crippen LogP contribution in [0.2, 0.25) is 0 Å². The minimum Gasteiger partial charge on any atom is -0.467 e. The Morgan fingerprint density at radius 3 is 2.06 bits per heavy atom. The van der Waals surface area contributed by atoms with Crippen LogP contribution in [0.3, 0.4) is 0 Å². The van der Waals surface area contributed by atoms with Gasteiger partial charge in [-0.15, -0.1) is 0 Å². The third-order valence-corrected chi connectivity index (χ3v) is 3.77. The van der Waals surface area contributed by atoms with Crippen molar-refractivity contribution in [1.82, 2.24) is 5.32 Å². The van der Waals surface area contributed by atoms with Crippen LogP contribution in [0.1, 0.15) is 33.1 Å². The Morgan fingerprint density at radius 1 is 1.19 bits per heavy atom. The molecule has 1 atom stereocenters. The van der Waals surface area contributed by atoms with Gasteiger partial charge in [-0.3, -0.25) is 0 Å². The van der Waals surface area contributed by atoms with Gasteiger partial charge < -0.3 is 14.8 Å². The summed E-state index contributed by atoms with van der Waals surface area (Å²) in [5.41, 5.74) is -1.08. The first-order chi connectivity index (χ1) is 7.51. The summed E-state index contributed by atoms with van der Waals surface area (Å²) in [6.07, 6.45) is 1.68. The lowest BCUT2D eigenvalue weighted by molar-refractivity contribution is -0.145. The molecular weight excluding hydrogens is 210 g/mol. The van der Waals surface area contributed by atoms with Gasteiger partial charge in [0.25, 0.3) is 0 Å². The van der Waals surface area contributed by atoms with Crippen LogP contribution in [0, 0.1) is 5.41 Å². The number of hydrogen-bond acceptors (Lipinski definition) is 4. The molecule has 1 N–H and O–H groups in total. The van der Waals surface area contributed by atoms with E-state index >= 15 is 0 Å². The molecule has 0 saturated heterocycles. The Bertz CT molecular complexity index is 298. The van der Waals surface area contributed by atoms with Crippen LogP contribution in [0.4, 0.5) is 4.79 Å². The molecule has 0 aromatic heterocycles. The van der Waals surface area contributed by atoms with Crippen LogP contribution in [-0.4, -0.2) is 31.8 Å². The van der Waals surface area contributed by atoms with Crippen molar-refractivity contribution in [3.63, 3.8) is 0 Å². The highest BCUT2D eigenvalue weighted by Crippen LogP contribution is 2.61.